The number of alkyl halides is 3. The predicted octanol–water partition coefficient (Wildman–Crippen LogP) is 3.84. The molecule has 0 saturated carbocycles. The molecule has 1 aromatic carbocycles. The third-order valence-electron chi connectivity index (χ3n) is 8.04. The summed E-state index contributed by atoms with van der Waals surface area (Å²) >= 11 is 0. The Labute approximate surface area is 259 Å². The molecule has 3 aliphatic rings. The summed E-state index contributed by atoms with van der Waals surface area (Å²) in [5.41, 5.74) is -4.02. The van der Waals surface area contributed by atoms with E-state index in [-0.39, 0.29) is 63.3 Å². The molecule has 45 heavy (non-hydrogen) atoms. The van der Waals surface area contributed by atoms with E-state index in [0.29, 0.717) is 17.9 Å². The monoisotopic (exact) mass is 650 g/mol. The second-order valence-electron chi connectivity index (χ2n) is 11.1. The zero-order valence-corrected chi connectivity index (χ0v) is 25.4. The quantitative estimate of drug-likeness (QED) is 0.289. The number of ether oxygens (including phenoxy) is 2. The fourth-order valence-electron chi connectivity index (χ4n) is 5.61. The number of rotatable bonds is 9. The van der Waals surface area contributed by atoms with Gasteiger partial charge in [-0.2, -0.15) is 36.8 Å². The maximum absolute atomic E-state index is 13.0. The molecular formula is C29H33F3N6O6S. The van der Waals surface area contributed by atoms with Crippen molar-refractivity contribution >= 4 is 28.1 Å². The van der Waals surface area contributed by atoms with Gasteiger partial charge in [0.2, 0.25) is 0 Å². The van der Waals surface area contributed by atoms with E-state index >= 15 is 0 Å². The minimum atomic E-state index is -5.86. The van der Waals surface area contributed by atoms with Crippen LogP contribution in [0.5, 0.6) is 6.01 Å². The number of piperazine rings is 1. The predicted molar refractivity (Wildman–Crippen MR) is 155 cm³/mol. The van der Waals surface area contributed by atoms with Crippen molar-refractivity contribution in [3.05, 3.63) is 52.9 Å². The number of benzene rings is 1. The highest BCUT2D eigenvalue weighted by Crippen LogP contribution is 2.36. The first kappa shape index (κ1) is 32.3. The van der Waals surface area contributed by atoms with Crippen molar-refractivity contribution < 1.29 is 40.0 Å². The molecule has 0 spiro atoms. The third kappa shape index (κ3) is 7.59. The number of hydrogen-bond acceptors (Lipinski definition) is 11. The van der Waals surface area contributed by atoms with Crippen LogP contribution in [0.25, 0.3) is 6.08 Å². The lowest BCUT2D eigenvalue weighted by atomic mass is 10.00. The molecule has 12 nitrogen and oxygen atoms in total. The van der Waals surface area contributed by atoms with Crippen LogP contribution in [0.1, 0.15) is 42.5 Å². The maximum Gasteiger partial charge on any atom is 0.534 e. The number of fused-ring (bicyclic) bond motifs is 1. The van der Waals surface area contributed by atoms with Gasteiger partial charge in [0, 0.05) is 43.7 Å². The number of carbonyl (C=O) groups excluding carboxylic acids is 1. The van der Waals surface area contributed by atoms with Crippen LogP contribution in [0.4, 0.5) is 23.8 Å². The maximum atomic E-state index is 13.0. The first-order valence-electron chi connectivity index (χ1n) is 14.5. The van der Waals surface area contributed by atoms with Crippen molar-refractivity contribution in [3.8, 4) is 12.1 Å². The van der Waals surface area contributed by atoms with Gasteiger partial charge in [0.25, 0.3) is 0 Å². The van der Waals surface area contributed by atoms with Crippen LogP contribution >= 0.6 is 0 Å². The number of anilines is 1. The number of carbonyl (C=O) groups is 1. The minimum absolute atomic E-state index is 0.0226. The van der Waals surface area contributed by atoms with E-state index in [1.165, 1.54) is 4.90 Å². The standard InChI is InChI=1S/C29H33F3N6O6S/c1-36-13-5-8-22(36)19-42-27-34-25-16-23(44-45(40,41)29(30,31)32)9-10-24(25)26(35-27)37-14-15-38(21(17-37)11-12-33)28(39)43-18-20-6-3-2-4-7-20/h2-4,6-7,16,21-22H,5,8-11,13-15,17-19H2,1H3/t21-,22-/m0/s1. The van der Waals surface area contributed by atoms with Crippen LogP contribution in [0.2, 0.25) is 0 Å². The zero-order chi connectivity index (χ0) is 32.2. The first-order valence-corrected chi connectivity index (χ1v) is 15.9. The Balaban J connectivity index is 1.39. The third-order valence-corrected chi connectivity index (χ3v) is 9.04. The summed E-state index contributed by atoms with van der Waals surface area (Å²) in [7, 11) is -3.88. The molecule has 242 valence electrons. The molecule has 1 amide bonds. The average Bonchev–Trinajstić information content (AvgIpc) is 3.42. The number of allylic oxidation sites excluding steroid dienone is 1. The van der Waals surface area contributed by atoms with Crippen LogP contribution in [0, 0.1) is 11.3 Å². The van der Waals surface area contributed by atoms with Crippen LogP contribution in [-0.2, 0) is 32.1 Å². The van der Waals surface area contributed by atoms with E-state index in [4.69, 9.17) is 9.47 Å². The molecule has 1 aliphatic carbocycles. The van der Waals surface area contributed by atoms with Crippen molar-refractivity contribution in [3.63, 3.8) is 0 Å². The van der Waals surface area contributed by atoms with Crippen LogP contribution in [-0.4, -0.2) is 91.7 Å². The van der Waals surface area contributed by atoms with Crippen molar-refractivity contribution in [1.82, 2.24) is 19.8 Å². The summed E-state index contributed by atoms with van der Waals surface area (Å²) in [5, 5.41) is 9.55. The van der Waals surface area contributed by atoms with Gasteiger partial charge in [-0.25, -0.2) is 4.79 Å². The fraction of sp³-hybridized carbons (Fsp3) is 0.517. The molecule has 0 unspecified atom stereocenters. The van der Waals surface area contributed by atoms with Gasteiger partial charge < -0.3 is 28.4 Å². The molecule has 2 atom stereocenters. The normalized spacial score (nSPS) is 20.6. The number of amides is 1. The SMILES string of the molecule is CN1CCC[C@H]1COc1nc2c(c(N3CCN(C(=O)OCc4ccccc4)[C@@H](CC#N)C3)n1)CCC(OS(=O)(=O)C(F)(F)F)=C2. The summed E-state index contributed by atoms with van der Waals surface area (Å²) in [4.78, 5) is 27.6. The highest BCUT2D eigenvalue weighted by molar-refractivity contribution is 7.87. The molecule has 16 heteroatoms. The Morgan fingerprint density at radius 3 is 2.58 bits per heavy atom. The fourth-order valence-corrected chi connectivity index (χ4v) is 6.12. The minimum Gasteiger partial charge on any atom is -0.462 e. The summed E-state index contributed by atoms with van der Waals surface area (Å²) in [6, 6.07) is 10.9. The van der Waals surface area contributed by atoms with Crippen molar-refractivity contribution in [2.45, 2.75) is 56.3 Å². The van der Waals surface area contributed by atoms with Crippen LogP contribution in [0.3, 0.4) is 0 Å². The van der Waals surface area contributed by atoms with E-state index in [1.54, 1.807) is 0 Å². The van der Waals surface area contributed by atoms with Gasteiger partial charge in [0.05, 0.1) is 24.2 Å². The second kappa shape index (κ2) is 13.5. The van der Waals surface area contributed by atoms with Crippen molar-refractivity contribution in [1.29, 1.82) is 5.26 Å². The Morgan fingerprint density at radius 2 is 1.89 bits per heavy atom. The first-order chi connectivity index (χ1) is 21.4. The number of halogens is 3. The molecule has 0 radical (unpaired) electrons. The highest BCUT2D eigenvalue weighted by atomic mass is 32.2. The summed E-state index contributed by atoms with van der Waals surface area (Å²) in [6.45, 7) is 2.03. The van der Waals surface area contributed by atoms with Crippen molar-refractivity contribution in [2.75, 3.05) is 44.7 Å². The molecule has 2 fully saturated rings. The van der Waals surface area contributed by atoms with Gasteiger partial charge in [-0.1, -0.05) is 30.3 Å². The largest absolute Gasteiger partial charge is 0.534 e. The van der Waals surface area contributed by atoms with Crippen LogP contribution < -0.4 is 9.64 Å². The molecule has 2 saturated heterocycles. The van der Waals surface area contributed by atoms with Gasteiger partial charge in [-0.3, -0.25) is 0 Å². The Bertz CT molecular complexity index is 1570. The molecule has 0 N–H and O–H groups in total. The van der Waals surface area contributed by atoms with Crippen LogP contribution in [0.15, 0.2) is 36.1 Å². The Morgan fingerprint density at radius 1 is 1.11 bits per heavy atom. The summed E-state index contributed by atoms with van der Waals surface area (Å²) in [5.74, 6) is 0.0308. The number of likely N-dealkylation sites (tertiary alicyclic amines) is 1. The van der Waals surface area contributed by atoms with Crippen molar-refractivity contribution in [2.24, 2.45) is 0 Å². The van der Waals surface area contributed by atoms with Gasteiger partial charge in [-0.05, 0) is 38.4 Å². The Hall–Kier alpha value is -4.10. The average molecular weight is 651 g/mol. The van der Waals surface area contributed by atoms with Gasteiger partial charge in [0.15, 0.2) is 0 Å². The zero-order valence-electron chi connectivity index (χ0n) is 24.6. The lowest BCUT2D eigenvalue weighted by molar-refractivity contribution is -0.0523. The lowest BCUT2D eigenvalue weighted by Crippen LogP contribution is -2.55. The summed E-state index contributed by atoms with van der Waals surface area (Å²) < 4.78 is 78.3. The smallest absolute Gasteiger partial charge is 0.462 e. The number of nitrogens with zero attached hydrogens (tertiary/aromatic N) is 6. The van der Waals surface area contributed by atoms with Gasteiger partial charge >= 0.3 is 27.7 Å². The molecular weight excluding hydrogens is 617 g/mol. The molecule has 5 rings (SSSR count). The van der Waals surface area contributed by atoms with E-state index in [9.17, 15) is 31.6 Å². The molecule has 0 bridgehead atoms. The highest BCUT2D eigenvalue weighted by Gasteiger charge is 2.49. The van der Waals surface area contributed by atoms with E-state index in [1.807, 2.05) is 42.3 Å². The second-order valence-corrected chi connectivity index (χ2v) is 12.6. The van der Waals surface area contributed by atoms with E-state index in [0.717, 1.165) is 31.0 Å². The van der Waals surface area contributed by atoms with Gasteiger partial charge in [0.1, 0.15) is 24.8 Å². The number of likely N-dealkylation sites (N-methyl/N-ethyl adjacent to an activating group) is 1. The lowest BCUT2D eigenvalue weighted by Gasteiger charge is -2.41. The summed E-state index contributed by atoms with van der Waals surface area (Å²) in [6.07, 6.45) is 2.51. The molecule has 3 heterocycles. The molecule has 2 aliphatic heterocycles. The van der Waals surface area contributed by atoms with E-state index in [2.05, 4.69) is 25.1 Å². The topological polar surface area (TPSA) is 138 Å². The number of nitriles is 1. The number of hydrogen-bond donors (Lipinski definition) is 0. The van der Waals surface area contributed by atoms with E-state index < -0.39 is 33.5 Å². The Kier molecular flexibility index (Phi) is 9.68. The number of aromatic nitrogens is 2. The molecule has 2 aromatic rings. The van der Waals surface area contributed by atoms with Gasteiger partial charge in [-0.15, -0.1) is 0 Å². The molecule has 1 aromatic heterocycles.